The molecule has 6 heteroatoms. The normalized spacial score (nSPS) is 21.3. The molecule has 3 rings (SSSR count). The minimum atomic E-state index is -0.161. The summed E-state index contributed by atoms with van der Waals surface area (Å²) >= 11 is 1.29. The monoisotopic (exact) mass is 226 g/mol. The lowest BCUT2D eigenvalue weighted by Crippen LogP contribution is -2.17. The van der Waals surface area contributed by atoms with Gasteiger partial charge in [0.05, 0.1) is 5.54 Å². The van der Waals surface area contributed by atoms with Crippen molar-refractivity contribution in [2.45, 2.75) is 19.4 Å². The van der Waals surface area contributed by atoms with E-state index < -0.39 is 0 Å². The molecule has 3 heterocycles. The van der Waals surface area contributed by atoms with Gasteiger partial charge in [-0.25, -0.2) is 4.99 Å². The van der Waals surface area contributed by atoms with Gasteiger partial charge in [-0.2, -0.15) is 4.37 Å². The highest BCUT2D eigenvalue weighted by Gasteiger charge is 2.33. The molecule has 0 radical (unpaired) electrons. The summed E-state index contributed by atoms with van der Waals surface area (Å²) in [6.45, 7) is 4.88. The number of aromatic nitrogens is 1. The molecule has 0 saturated heterocycles. The highest BCUT2D eigenvalue weighted by atomic mass is 32.1. The number of hydrogen-bond acceptors (Lipinski definition) is 6. The van der Waals surface area contributed by atoms with Gasteiger partial charge in [0, 0.05) is 0 Å². The van der Waals surface area contributed by atoms with Crippen molar-refractivity contribution in [3.05, 3.63) is 4.88 Å². The Labute approximate surface area is 90.8 Å². The number of ether oxygens (including phenoxy) is 3. The second-order valence-corrected chi connectivity index (χ2v) is 4.84. The molecule has 1 aromatic heterocycles. The van der Waals surface area contributed by atoms with Crippen LogP contribution < -0.4 is 9.47 Å². The van der Waals surface area contributed by atoms with Crippen molar-refractivity contribution >= 4 is 17.4 Å². The summed E-state index contributed by atoms with van der Waals surface area (Å²) < 4.78 is 20.1. The van der Waals surface area contributed by atoms with Crippen molar-refractivity contribution in [3.8, 4) is 11.6 Å². The van der Waals surface area contributed by atoms with E-state index >= 15 is 0 Å². The van der Waals surface area contributed by atoms with E-state index in [1.807, 2.05) is 13.8 Å². The van der Waals surface area contributed by atoms with Crippen LogP contribution in [0, 0.1) is 0 Å². The average molecular weight is 226 g/mol. The molecule has 2 aliphatic heterocycles. The fraction of sp³-hybridized carbons (Fsp3) is 0.556. The number of hydrogen-bond donors (Lipinski definition) is 0. The number of rotatable bonds is 1. The highest BCUT2D eigenvalue weighted by Crippen LogP contribution is 2.39. The van der Waals surface area contributed by atoms with Crippen LogP contribution in [-0.2, 0) is 4.74 Å². The predicted octanol–water partition coefficient (Wildman–Crippen LogP) is 1.43. The van der Waals surface area contributed by atoms with Crippen LogP contribution in [0.5, 0.6) is 11.6 Å². The van der Waals surface area contributed by atoms with E-state index in [0.717, 1.165) is 4.88 Å². The van der Waals surface area contributed by atoms with E-state index in [1.54, 1.807) is 0 Å². The van der Waals surface area contributed by atoms with Crippen LogP contribution in [0.25, 0.3) is 0 Å². The van der Waals surface area contributed by atoms with E-state index in [1.165, 1.54) is 11.5 Å². The zero-order chi connectivity index (χ0) is 10.5. The largest absolute Gasteiger partial charge is 0.474 e. The Morgan fingerprint density at radius 1 is 1.27 bits per heavy atom. The molecule has 0 spiro atoms. The van der Waals surface area contributed by atoms with Crippen molar-refractivity contribution in [2.75, 3.05) is 13.4 Å². The Morgan fingerprint density at radius 2 is 2.13 bits per heavy atom. The fourth-order valence-corrected chi connectivity index (χ4v) is 2.19. The molecule has 0 saturated carbocycles. The lowest BCUT2D eigenvalue weighted by Gasteiger charge is -2.07. The van der Waals surface area contributed by atoms with E-state index in [-0.39, 0.29) is 12.3 Å². The second-order valence-electron chi connectivity index (χ2n) is 4.07. The third kappa shape index (κ3) is 1.36. The van der Waals surface area contributed by atoms with Crippen LogP contribution in [0.15, 0.2) is 4.99 Å². The van der Waals surface area contributed by atoms with Gasteiger partial charge in [0.15, 0.2) is 4.88 Å². The molecule has 0 amide bonds. The van der Waals surface area contributed by atoms with Gasteiger partial charge in [-0.3, -0.25) is 0 Å². The SMILES string of the molecule is CC1(C)COC(c2snc3c2OCO3)=N1. The van der Waals surface area contributed by atoms with Crippen LogP contribution >= 0.6 is 11.5 Å². The lowest BCUT2D eigenvalue weighted by molar-refractivity contribution is 0.170. The van der Waals surface area contributed by atoms with E-state index in [4.69, 9.17) is 14.2 Å². The first kappa shape index (κ1) is 8.96. The summed E-state index contributed by atoms with van der Waals surface area (Å²) in [6.07, 6.45) is 0. The third-order valence-corrected chi connectivity index (χ3v) is 2.98. The maximum atomic E-state index is 5.52. The topological polar surface area (TPSA) is 52.9 Å². The quantitative estimate of drug-likeness (QED) is 0.726. The van der Waals surface area contributed by atoms with Crippen LogP contribution in [0.4, 0.5) is 0 Å². The Bertz CT molecular complexity index is 439. The first-order chi connectivity index (χ1) is 7.16. The zero-order valence-electron chi connectivity index (χ0n) is 8.44. The Morgan fingerprint density at radius 3 is 2.87 bits per heavy atom. The van der Waals surface area contributed by atoms with Gasteiger partial charge in [-0.05, 0) is 25.4 Å². The molecular formula is C9H10N2O3S. The van der Waals surface area contributed by atoms with Crippen LogP contribution in [0.2, 0.25) is 0 Å². The molecule has 0 atom stereocenters. The summed E-state index contributed by atoms with van der Waals surface area (Å²) in [5.41, 5.74) is -0.161. The van der Waals surface area contributed by atoms with E-state index in [9.17, 15) is 0 Å². The molecule has 0 aliphatic carbocycles. The van der Waals surface area contributed by atoms with Crippen LogP contribution in [-0.4, -0.2) is 29.2 Å². The predicted molar refractivity (Wildman–Crippen MR) is 54.8 cm³/mol. The molecule has 0 unspecified atom stereocenters. The smallest absolute Gasteiger partial charge is 0.272 e. The Kier molecular flexibility index (Phi) is 1.70. The minimum Gasteiger partial charge on any atom is -0.474 e. The van der Waals surface area contributed by atoms with Gasteiger partial charge in [0.25, 0.3) is 5.88 Å². The maximum Gasteiger partial charge on any atom is 0.272 e. The summed E-state index contributed by atoms with van der Waals surface area (Å²) in [6, 6.07) is 0. The first-order valence-electron chi connectivity index (χ1n) is 4.64. The van der Waals surface area contributed by atoms with Crippen molar-refractivity contribution in [2.24, 2.45) is 4.99 Å². The zero-order valence-corrected chi connectivity index (χ0v) is 9.26. The number of fused-ring (bicyclic) bond motifs is 1. The molecule has 0 bridgehead atoms. The lowest BCUT2D eigenvalue weighted by atomic mass is 10.1. The third-order valence-electron chi connectivity index (χ3n) is 2.18. The Hall–Kier alpha value is -1.30. The highest BCUT2D eigenvalue weighted by molar-refractivity contribution is 7.08. The average Bonchev–Trinajstić information content (AvgIpc) is 2.77. The second kappa shape index (κ2) is 2.85. The first-order valence-corrected chi connectivity index (χ1v) is 5.41. The molecule has 1 aromatic rings. The number of nitrogens with zero attached hydrogens (tertiary/aromatic N) is 2. The molecule has 15 heavy (non-hydrogen) atoms. The Balaban J connectivity index is 2.01. The van der Waals surface area contributed by atoms with Gasteiger partial charge in [-0.15, -0.1) is 0 Å². The van der Waals surface area contributed by atoms with E-state index in [0.29, 0.717) is 24.1 Å². The van der Waals surface area contributed by atoms with Crippen LogP contribution in [0.3, 0.4) is 0 Å². The van der Waals surface area contributed by atoms with Crippen molar-refractivity contribution in [1.82, 2.24) is 4.37 Å². The summed E-state index contributed by atoms with van der Waals surface area (Å²) in [7, 11) is 0. The molecule has 0 fully saturated rings. The molecule has 80 valence electrons. The standard InChI is InChI=1S/C9H10N2O3S/c1-9(2)3-12-8(10-9)6-5-7(11-15-6)14-4-13-5/h3-4H2,1-2H3. The van der Waals surface area contributed by atoms with Gasteiger partial charge < -0.3 is 14.2 Å². The van der Waals surface area contributed by atoms with Gasteiger partial charge >= 0.3 is 0 Å². The fourth-order valence-electron chi connectivity index (χ4n) is 1.47. The minimum absolute atomic E-state index is 0.161. The molecular weight excluding hydrogens is 216 g/mol. The van der Waals surface area contributed by atoms with Crippen molar-refractivity contribution in [3.63, 3.8) is 0 Å². The summed E-state index contributed by atoms with van der Waals surface area (Å²) in [5, 5.41) is 0. The number of aliphatic imine (C=N–C) groups is 1. The molecule has 0 aromatic carbocycles. The van der Waals surface area contributed by atoms with Gasteiger partial charge in [0.2, 0.25) is 18.4 Å². The van der Waals surface area contributed by atoms with Crippen molar-refractivity contribution in [1.29, 1.82) is 0 Å². The van der Waals surface area contributed by atoms with Crippen LogP contribution in [0.1, 0.15) is 18.7 Å². The molecule has 0 N–H and O–H groups in total. The summed E-state index contributed by atoms with van der Waals surface area (Å²) in [5.74, 6) is 1.83. The molecule has 2 aliphatic rings. The van der Waals surface area contributed by atoms with Gasteiger partial charge in [-0.1, -0.05) is 0 Å². The van der Waals surface area contributed by atoms with Crippen molar-refractivity contribution < 1.29 is 14.2 Å². The maximum absolute atomic E-state index is 5.52. The summed E-state index contributed by atoms with van der Waals surface area (Å²) in [4.78, 5) is 5.30. The van der Waals surface area contributed by atoms with Gasteiger partial charge in [0.1, 0.15) is 6.61 Å². The van der Waals surface area contributed by atoms with E-state index in [2.05, 4.69) is 9.37 Å². The molecule has 5 nitrogen and oxygen atoms in total.